The highest BCUT2D eigenvalue weighted by molar-refractivity contribution is 6.31. The van der Waals surface area contributed by atoms with Crippen LogP contribution in [0.5, 0.6) is 23.0 Å². The van der Waals surface area contributed by atoms with E-state index in [-0.39, 0.29) is 16.9 Å². The van der Waals surface area contributed by atoms with Crippen LogP contribution in [-0.2, 0) is 4.74 Å². The van der Waals surface area contributed by atoms with Gasteiger partial charge in [0.15, 0.2) is 12.1 Å². The fourth-order valence-electron chi connectivity index (χ4n) is 3.94. The Bertz CT molecular complexity index is 1160. The molecule has 2 aromatic carbocycles. The summed E-state index contributed by atoms with van der Waals surface area (Å²) in [4.78, 5) is 26.0. The predicted molar refractivity (Wildman–Crippen MR) is 104 cm³/mol. The molecule has 1 aliphatic carbocycles. The summed E-state index contributed by atoms with van der Waals surface area (Å²) in [5.41, 5.74) is -1.53. The molecule has 0 spiro atoms. The van der Waals surface area contributed by atoms with Gasteiger partial charge in [-0.1, -0.05) is 0 Å². The van der Waals surface area contributed by atoms with E-state index in [1.54, 1.807) is 0 Å². The van der Waals surface area contributed by atoms with Crippen molar-refractivity contribution in [3.63, 3.8) is 0 Å². The number of phenolic OH excluding ortho intramolecular Hbond substituents is 3. The van der Waals surface area contributed by atoms with Gasteiger partial charge in [0, 0.05) is 18.6 Å². The predicted octanol–water partition coefficient (Wildman–Crippen LogP) is -0.586. The van der Waals surface area contributed by atoms with E-state index in [2.05, 4.69) is 0 Å². The number of carbonyl (C=O) groups is 2. The number of carbonyl (C=O) groups excluding carboxylic acids is 2. The number of hydrogen-bond acceptors (Lipinski definition) is 11. The van der Waals surface area contributed by atoms with Crippen LogP contribution in [0.2, 0.25) is 0 Å². The van der Waals surface area contributed by atoms with Crippen molar-refractivity contribution < 1.29 is 54.8 Å². The van der Waals surface area contributed by atoms with Crippen LogP contribution in [-0.4, -0.2) is 77.7 Å². The first-order valence-electron chi connectivity index (χ1n) is 9.48. The van der Waals surface area contributed by atoms with Gasteiger partial charge in [-0.3, -0.25) is 9.59 Å². The Morgan fingerprint density at radius 1 is 0.875 bits per heavy atom. The number of benzene rings is 2. The minimum absolute atomic E-state index is 0.148. The molecule has 1 heterocycles. The second-order valence-corrected chi connectivity index (χ2v) is 7.89. The Hall–Kier alpha value is -3.22. The summed E-state index contributed by atoms with van der Waals surface area (Å²) in [5.74, 6) is -5.93. The van der Waals surface area contributed by atoms with E-state index in [0.29, 0.717) is 0 Å². The zero-order valence-electron chi connectivity index (χ0n) is 16.8. The maximum absolute atomic E-state index is 13.1. The number of aryl methyl sites for hydroxylation is 1. The van der Waals surface area contributed by atoms with Gasteiger partial charge in [0.2, 0.25) is 11.6 Å². The fourth-order valence-corrected chi connectivity index (χ4v) is 3.94. The van der Waals surface area contributed by atoms with E-state index < -0.39 is 75.9 Å². The molecule has 5 atom stereocenters. The molecule has 2 aliphatic rings. The van der Waals surface area contributed by atoms with Crippen LogP contribution in [0, 0.1) is 6.92 Å². The Kier molecular flexibility index (Phi) is 4.91. The first-order valence-corrected chi connectivity index (χ1v) is 9.48. The van der Waals surface area contributed by atoms with Crippen LogP contribution in [0.4, 0.5) is 0 Å². The topological polar surface area (TPSA) is 194 Å². The quantitative estimate of drug-likeness (QED) is 0.248. The largest absolute Gasteiger partial charge is 0.507 e. The highest BCUT2D eigenvalue weighted by Gasteiger charge is 2.52. The number of fused-ring (bicyclic) bond motifs is 2. The van der Waals surface area contributed by atoms with E-state index in [1.807, 2.05) is 0 Å². The number of ether oxygens (including phenoxy) is 2. The van der Waals surface area contributed by atoms with Crippen LogP contribution in [0.15, 0.2) is 18.2 Å². The third-order valence-electron chi connectivity index (χ3n) is 5.66. The summed E-state index contributed by atoms with van der Waals surface area (Å²) in [5, 5.41) is 70.5. The van der Waals surface area contributed by atoms with Gasteiger partial charge in [-0.25, -0.2) is 0 Å². The average molecular weight is 448 g/mol. The average Bonchev–Trinajstić information content (AvgIpc) is 2.71. The van der Waals surface area contributed by atoms with Crippen molar-refractivity contribution in [3.8, 4) is 23.0 Å². The Morgan fingerprint density at radius 3 is 2.16 bits per heavy atom. The zero-order valence-corrected chi connectivity index (χ0v) is 16.8. The summed E-state index contributed by atoms with van der Waals surface area (Å²) in [6, 6.07) is 3.10. The second kappa shape index (κ2) is 7.15. The van der Waals surface area contributed by atoms with Gasteiger partial charge in [0.25, 0.3) is 0 Å². The van der Waals surface area contributed by atoms with Crippen LogP contribution in [0.3, 0.4) is 0 Å². The molecule has 1 fully saturated rings. The van der Waals surface area contributed by atoms with Crippen molar-refractivity contribution >= 4 is 11.6 Å². The molecule has 1 aliphatic heterocycles. The third kappa shape index (κ3) is 3.02. The van der Waals surface area contributed by atoms with Crippen molar-refractivity contribution in [1.82, 2.24) is 0 Å². The van der Waals surface area contributed by atoms with E-state index in [9.17, 15) is 45.3 Å². The summed E-state index contributed by atoms with van der Waals surface area (Å²) >= 11 is 0. The van der Waals surface area contributed by atoms with Gasteiger partial charge < -0.3 is 45.2 Å². The van der Waals surface area contributed by atoms with Crippen LogP contribution < -0.4 is 4.74 Å². The number of aliphatic hydroxyl groups is 4. The molecular formula is C21H20O11. The number of rotatable bonds is 2. The number of hydrogen-bond donors (Lipinski definition) is 7. The lowest BCUT2D eigenvalue weighted by Gasteiger charge is -2.44. The van der Waals surface area contributed by atoms with Crippen LogP contribution in [0.1, 0.15) is 44.3 Å². The zero-order chi connectivity index (χ0) is 23.7. The first-order chi connectivity index (χ1) is 14.9. The molecule has 32 heavy (non-hydrogen) atoms. The van der Waals surface area contributed by atoms with Crippen molar-refractivity contribution in [2.45, 2.75) is 44.2 Å². The molecule has 11 heteroatoms. The maximum atomic E-state index is 13.1. The summed E-state index contributed by atoms with van der Waals surface area (Å²) in [7, 11) is 0. The van der Waals surface area contributed by atoms with Gasteiger partial charge in [0.1, 0.15) is 41.3 Å². The highest BCUT2D eigenvalue weighted by Crippen LogP contribution is 2.44. The molecular weight excluding hydrogens is 428 g/mol. The lowest BCUT2D eigenvalue weighted by molar-refractivity contribution is -0.366. The smallest absolute Gasteiger partial charge is 0.238 e. The molecule has 0 aromatic heterocycles. The molecule has 0 radical (unpaired) electrons. The molecule has 7 N–H and O–H groups in total. The Morgan fingerprint density at radius 2 is 1.50 bits per heavy atom. The molecule has 11 nitrogen and oxygen atoms in total. The first kappa shape index (κ1) is 22.0. The molecule has 0 bridgehead atoms. The molecule has 0 saturated carbocycles. The summed E-state index contributed by atoms with van der Waals surface area (Å²) < 4.78 is 10.6. The van der Waals surface area contributed by atoms with E-state index in [1.165, 1.54) is 6.92 Å². The Labute approximate surface area is 180 Å². The van der Waals surface area contributed by atoms with Gasteiger partial charge in [-0.05, 0) is 24.6 Å². The van der Waals surface area contributed by atoms with Crippen LogP contribution in [0.25, 0.3) is 0 Å². The van der Waals surface area contributed by atoms with E-state index >= 15 is 0 Å². The van der Waals surface area contributed by atoms with Gasteiger partial charge in [0.05, 0.1) is 16.7 Å². The molecule has 0 unspecified atom stereocenters. The standard InChI is InChI=1S/C21H20O11/c1-6-3-9(22)12-13(14(6)24)15(25)8-4-7(5-10(23)11(8)16(12)26)31-21(2)19(29)17(27)18(28)20(30)32-21/h3-5,17-20,22-24,27-30H,1-2H3/t17-,18+,19+,20+,21+/m0/s1. The Balaban J connectivity index is 1.80. The number of phenols is 3. The van der Waals surface area contributed by atoms with Crippen LogP contribution >= 0.6 is 0 Å². The van der Waals surface area contributed by atoms with Gasteiger partial charge in [-0.2, -0.15) is 0 Å². The maximum Gasteiger partial charge on any atom is 0.238 e. The molecule has 1 saturated heterocycles. The third-order valence-corrected chi connectivity index (χ3v) is 5.66. The number of ketones is 2. The van der Waals surface area contributed by atoms with Crippen molar-refractivity contribution in [1.29, 1.82) is 0 Å². The minimum atomic E-state index is -2.12. The SMILES string of the molecule is Cc1cc(O)c2c(c1O)C(=O)c1cc(O[C@]3(C)O[C@@H](O)[C@H](O)[C@H](O)[C@H]3O)cc(O)c1C2=O. The van der Waals surface area contributed by atoms with E-state index in [4.69, 9.17) is 9.47 Å². The molecule has 4 rings (SSSR count). The fraction of sp³-hybridized carbons (Fsp3) is 0.333. The number of aliphatic hydroxyl groups excluding tert-OH is 4. The van der Waals surface area contributed by atoms with Gasteiger partial charge >= 0.3 is 0 Å². The van der Waals surface area contributed by atoms with Crippen molar-refractivity contribution in [2.75, 3.05) is 0 Å². The van der Waals surface area contributed by atoms with Crippen molar-refractivity contribution in [3.05, 3.63) is 46.0 Å². The molecule has 0 amide bonds. The monoisotopic (exact) mass is 448 g/mol. The second-order valence-electron chi connectivity index (χ2n) is 7.89. The molecule has 170 valence electrons. The normalized spacial score (nSPS) is 29.4. The van der Waals surface area contributed by atoms with Crippen molar-refractivity contribution in [2.24, 2.45) is 0 Å². The molecule has 2 aromatic rings. The summed E-state index contributed by atoms with van der Waals surface area (Å²) in [6.07, 6.45) is -7.41. The number of aromatic hydroxyl groups is 3. The van der Waals surface area contributed by atoms with E-state index in [0.717, 1.165) is 25.1 Å². The van der Waals surface area contributed by atoms with Gasteiger partial charge in [-0.15, -0.1) is 0 Å². The minimum Gasteiger partial charge on any atom is -0.507 e. The summed E-state index contributed by atoms with van der Waals surface area (Å²) in [6.45, 7) is 2.56. The highest BCUT2D eigenvalue weighted by atomic mass is 16.8. The lowest BCUT2D eigenvalue weighted by Crippen LogP contribution is -2.65. The lowest BCUT2D eigenvalue weighted by atomic mass is 9.81.